The van der Waals surface area contributed by atoms with Crippen LogP contribution in [0.4, 0.5) is 0 Å². The monoisotopic (exact) mass is 214 g/mol. The third kappa shape index (κ3) is 3.47. The lowest BCUT2D eigenvalue weighted by Gasteiger charge is -2.35. The van der Waals surface area contributed by atoms with Crippen LogP contribution in [0.5, 0.6) is 0 Å². The highest BCUT2D eigenvalue weighted by Gasteiger charge is 2.33. The first-order chi connectivity index (χ1) is 6.86. The van der Waals surface area contributed by atoms with Crippen molar-refractivity contribution in [3.8, 4) is 0 Å². The Morgan fingerprint density at radius 1 is 1.40 bits per heavy atom. The van der Waals surface area contributed by atoms with E-state index in [0.29, 0.717) is 6.54 Å². The Morgan fingerprint density at radius 3 is 2.40 bits per heavy atom. The highest BCUT2D eigenvalue weighted by molar-refractivity contribution is 5.83. The molecule has 4 heteroatoms. The zero-order chi connectivity index (χ0) is 11.5. The molecule has 0 aliphatic heterocycles. The average Bonchev–Trinajstić information content (AvgIpc) is 2.16. The second kappa shape index (κ2) is 4.49. The molecule has 15 heavy (non-hydrogen) atoms. The van der Waals surface area contributed by atoms with Gasteiger partial charge in [0, 0.05) is 6.54 Å². The molecule has 1 rings (SSSR count). The number of hydrogen-bond acceptors (Lipinski definition) is 3. The maximum atomic E-state index is 11.1. The van der Waals surface area contributed by atoms with Crippen LogP contribution in [0, 0.1) is 0 Å². The van der Waals surface area contributed by atoms with E-state index < -0.39 is 11.1 Å². The lowest BCUT2D eigenvalue weighted by molar-refractivity contribution is -0.123. The van der Waals surface area contributed by atoms with Crippen LogP contribution in [-0.2, 0) is 4.79 Å². The van der Waals surface area contributed by atoms with Crippen LogP contribution in [0.15, 0.2) is 0 Å². The van der Waals surface area contributed by atoms with Crippen LogP contribution in [0.25, 0.3) is 0 Å². The van der Waals surface area contributed by atoms with Crippen molar-refractivity contribution in [3.63, 3.8) is 0 Å². The van der Waals surface area contributed by atoms with E-state index in [4.69, 9.17) is 5.73 Å². The van der Waals surface area contributed by atoms with Crippen molar-refractivity contribution in [2.45, 2.75) is 57.1 Å². The summed E-state index contributed by atoms with van der Waals surface area (Å²) in [6.07, 6.45) is 4.95. The third-order valence-corrected chi connectivity index (χ3v) is 3.26. The van der Waals surface area contributed by atoms with E-state index in [-0.39, 0.29) is 5.91 Å². The van der Waals surface area contributed by atoms with E-state index >= 15 is 0 Å². The number of nitrogens with two attached hydrogens (primary N) is 1. The summed E-state index contributed by atoms with van der Waals surface area (Å²) in [6.45, 7) is 3.92. The minimum absolute atomic E-state index is 0.387. The first kappa shape index (κ1) is 12.5. The first-order valence-corrected chi connectivity index (χ1v) is 5.63. The Kier molecular flexibility index (Phi) is 3.73. The average molecular weight is 214 g/mol. The number of nitrogens with one attached hydrogen (secondary N) is 1. The smallest absolute Gasteiger partial charge is 0.237 e. The lowest BCUT2D eigenvalue weighted by Crippen LogP contribution is -2.55. The minimum atomic E-state index is -0.743. The van der Waals surface area contributed by atoms with E-state index in [1.54, 1.807) is 13.8 Å². The molecule has 0 heterocycles. The number of hydrogen-bond donors (Lipinski definition) is 3. The summed E-state index contributed by atoms with van der Waals surface area (Å²) in [5.41, 5.74) is 3.86. The summed E-state index contributed by atoms with van der Waals surface area (Å²) >= 11 is 0. The molecule has 0 aromatic carbocycles. The van der Waals surface area contributed by atoms with E-state index in [9.17, 15) is 9.90 Å². The molecule has 0 spiro atoms. The topological polar surface area (TPSA) is 75.3 Å². The summed E-state index contributed by atoms with van der Waals surface area (Å²) in [5.74, 6) is -0.387. The first-order valence-electron chi connectivity index (χ1n) is 5.63. The van der Waals surface area contributed by atoms with Gasteiger partial charge in [-0.25, -0.2) is 0 Å². The zero-order valence-corrected chi connectivity index (χ0v) is 9.68. The molecule has 1 saturated carbocycles. The van der Waals surface area contributed by atoms with Gasteiger partial charge in [-0.2, -0.15) is 0 Å². The third-order valence-electron chi connectivity index (χ3n) is 3.26. The number of β-amino-alcohol motifs (C(OH)–C–C–N with tert-alkyl or cyclic N) is 1. The number of carbonyl (C=O) groups is 1. The summed E-state index contributed by atoms with van der Waals surface area (Å²) < 4.78 is 0. The molecule has 4 nitrogen and oxygen atoms in total. The molecule has 1 aliphatic rings. The van der Waals surface area contributed by atoms with Crippen molar-refractivity contribution in [3.05, 3.63) is 0 Å². The SMILES string of the molecule is CC(C)(NCC1(O)CCCCC1)C(N)=O. The minimum Gasteiger partial charge on any atom is -0.389 e. The molecule has 0 aromatic rings. The molecule has 0 bridgehead atoms. The summed E-state index contributed by atoms with van der Waals surface area (Å²) in [7, 11) is 0. The van der Waals surface area contributed by atoms with Crippen LogP contribution < -0.4 is 11.1 Å². The van der Waals surface area contributed by atoms with Gasteiger partial charge in [-0.05, 0) is 26.7 Å². The summed E-state index contributed by atoms with van der Waals surface area (Å²) in [6, 6.07) is 0. The molecular weight excluding hydrogens is 192 g/mol. The standard InChI is InChI=1S/C11H22N2O2/c1-10(2,9(12)14)13-8-11(15)6-4-3-5-7-11/h13,15H,3-8H2,1-2H3,(H2,12,14). The van der Waals surface area contributed by atoms with Crippen molar-refractivity contribution < 1.29 is 9.90 Å². The van der Waals surface area contributed by atoms with Gasteiger partial charge in [0.15, 0.2) is 0 Å². The van der Waals surface area contributed by atoms with Crippen molar-refractivity contribution in [2.75, 3.05) is 6.54 Å². The van der Waals surface area contributed by atoms with Gasteiger partial charge >= 0.3 is 0 Å². The zero-order valence-electron chi connectivity index (χ0n) is 9.68. The van der Waals surface area contributed by atoms with E-state index in [1.807, 2.05) is 0 Å². The summed E-state index contributed by atoms with van der Waals surface area (Å²) in [4.78, 5) is 11.1. The molecule has 0 radical (unpaired) electrons. The summed E-state index contributed by atoms with van der Waals surface area (Å²) in [5, 5.41) is 13.2. The fourth-order valence-corrected chi connectivity index (χ4v) is 1.86. The predicted molar refractivity (Wildman–Crippen MR) is 59.3 cm³/mol. The molecular formula is C11H22N2O2. The molecule has 1 aliphatic carbocycles. The lowest BCUT2D eigenvalue weighted by atomic mass is 9.84. The Bertz CT molecular complexity index is 233. The molecule has 1 amide bonds. The Labute approximate surface area is 91.2 Å². The number of aliphatic hydroxyl groups is 1. The van der Waals surface area contributed by atoms with Crippen molar-refractivity contribution in [1.29, 1.82) is 0 Å². The van der Waals surface area contributed by atoms with Crippen molar-refractivity contribution in [1.82, 2.24) is 5.32 Å². The second-order valence-electron chi connectivity index (χ2n) is 5.13. The maximum Gasteiger partial charge on any atom is 0.237 e. The maximum absolute atomic E-state index is 11.1. The molecule has 88 valence electrons. The number of primary amides is 1. The van der Waals surface area contributed by atoms with Gasteiger partial charge in [0.05, 0.1) is 11.1 Å². The Morgan fingerprint density at radius 2 is 1.93 bits per heavy atom. The molecule has 0 saturated heterocycles. The molecule has 4 N–H and O–H groups in total. The van der Waals surface area contributed by atoms with Crippen LogP contribution >= 0.6 is 0 Å². The molecule has 0 unspecified atom stereocenters. The van der Waals surface area contributed by atoms with Crippen molar-refractivity contribution in [2.24, 2.45) is 5.73 Å². The highest BCUT2D eigenvalue weighted by atomic mass is 16.3. The van der Waals surface area contributed by atoms with E-state index in [2.05, 4.69) is 5.32 Å². The molecule has 1 fully saturated rings. The van der Waals surface area contributed by atoms with Gasteiger partial charge in [-0.1, -0.05) is 19.3 Å². The predicted octanol–water partition coefficient (Wildman–Crippen LogP) is 0.535. The highest BCUT2D eigenvalue weighted by Crippen LogP contribution is 2.27. The second-order valence-corrected chi connectivity index (χ2v) is 5.13. The molecule has 0 aromatic heterocycles. The number of amides is 1. The number of rotatable bonds is 4. The largest absolute Gasteiger partial charge is 0.389 e. The van der Waals surface area contributed by atoms with Gasteiger partial charge in [0.25, 0.3) is 0 Å². The van der Waals surface area contributed by atoms with Gasteiger partial charge < -0.3 is 16.2 Å². The van der Waals surface area contributed by atoms with Crippen LogP contribution in [0.3, 0.4) is 0 Å². The Balaban J connectivity index is 2.44. The van der Waals surface area contributed by atoms with Gasteiger partial charge in [0.1, 0.15) is 0 Å². The van der Waals surface area contributed by atoms with Crippen LogP contribution in [0.1, 0.15) is 46.0 Å². The van der Waals surface area contributed by atoms with Gasteiger partial charge in [-0.3, -0.25) is 4.79 Å². The quantitative estimate of drug-likeness (QED) is 0.639. The number of carbonyl (C=O) groups excluding carboxylic acids is 1. The fourth-order valence-electron chi connectivity index (χ4n) is 1.86. The normalized spacial score (nSPS) is 21.3. The van der Waals surface area contributed by atoms with Gasteiger partial charge in [0.2, 0.25) is 5.91 Å². The van der Waals surface area contributed by atoms with Crippen LogP contribution in [0.2, 0.25) is 0 Å². The van der Waals surface area contributed by atoms with E-state index in [0.717, 1.165) is 25.7 Å². The van der Waals surface area contributed by atoms with Gasteiger partial charge in [-0.15, -0.1) is 0 Å². The van der Waals surface area contributed by atoms with E-state index in [1.165, 1.54) is 6.42 Å². The van der Waals surface area contributed by atoms with Crippen LogP contribution in [-0.4, -0.2) is 28.7 Å². The Hall–Kier alpha value is -0.610. The van der Waals surface area contributed by atoms with Crippen molar-refractivity contribution >= 4 is 5.91 Å². The fraction of sp³-hybridized carbons (Fsp3) is 0.909. The molecule has 0 atom stereocenters.